The Morgan fingerprint density at radius 1 is 1.10 bits per heavy atom. The average molecular weight is 425 g/mol. The van der Waals surface area contributed by atoms with E-state index in [-0.39, 0.29) is 22.8 Å². The third-order valence-corrected chi connectivity index (χ3v) is 6.75. The molecule has 1 aliphatic carbocycles. The summed E-state index contributed by atoms with van der Waals surface area (Å²) in [6, 6.07) is 3.84. The zero-order valence-corrected chi connectivity index (χ0v) is 18.5. The van der Waals surface area contributed by atoms with Gasteiger partial charge in [-0.1, -0.05) is 39.2 Å². The highest BCUT2D eigenvalue weighted by Crippen LogP contribution is 2.18. The van der Waals surface area contributed by atoms with Crippen molar-refractivity contribution >= 4 is 21.9 Å². The number of hydrogen-bond acceptors (Lipinski definition) is 5. The van der Waals surface area contributed by atoms with Gasteiger partial charge in [-0.2, -0.15) is 4.72 Å². The van der Waals surface area contributed by atoms with E-state index < -0.39 is 28.6 Å². The van der Waals surface area contributed by atoms with Crippen LogP contribution in [-0.4, -0.2) is 39.0 Å². The molecule has 1 amide bonds. The number of ether oxygens (including phenoxy) is 1. The van der Waals surface area contributed by atoms with Crippen molar-refractivity contribution < 1.29 is 22.7 Å². The van der Waals surface area contributed by atoms with Gasteiger partial charge >= 0.3 is 5.97 Å². The number of aryl methyl sites for hydroxylation is 2. The molecule has 1 fully saturated rings. The van der Waals surface area contributed by atoms with Gasteiger partial charge in [0, 0.05) is 6.04 Å². The van der Waals surface area contributed by atoms with Crippen LogP contribution in [0.15, 0.2) is 23.1 Å². The minimum Gasteiger partial charge on any atom is -0.454 e. The van der Waals surface area contributed by atoms with Crippen LogP contribution in [0.25, 0.3) is 0 Å². The van der Waals surface area contributed by atoms with Gasteiger partial charge in [0.25, 0.3) is 5.91 Å². The monoisotopic (exact) mass is 424 g/mol. The second-order valence-electron chi connectivity index (χ2n) is 8.10. The van der Waals surface area contributed by atoms with Crippen molar-refractivity contribution in [1.29, 1.82) is 0 Å². The highest BCUT2D eigenvalue weighted by molar-refractivity contribution is 7.89. The first-order chi connectivity index (χ1) is 13.6. The summed E-state index contributed by atoms with van der Waals surface area (Å²) in [6.07, 6.45) is 5.22. The Hall–Kier alpha value is -1.93. The van der Waals surface area contributed by atoms with Crippen LogP contribution in [-0.2, 0) is 24.3 Å². The van der Waals surface area contributed by atoms with E-state index in [0.29, 0.717) is 0 Å². The molecule has 0 aliphatic heterocycles. The molecule has 1 saturated carbocycles. The summed E-state index contributed by atoms with van der Waals surface area (Å²) in [5.41, 5.74) is 1.82. The summed E-state index contributed by atoms with van der Waals surface area (Å²) >= 11 is 0. The Kier molecular flexibility index (Phi) is 8.22. The number of benzene rings is 1. The lowest BCUT2D eigenvalue weighted by molar-refractivity contribution is -0.151. The number of carbonyl (C=O) groups excluding carboxylic acids is 2. The van der Waals surface area contributed by atoms with Crippen LogP contribution in [0.3, 0.4) is 0 Å². The molecule has 0 radical (unpaired) electrons. The lowest BCUT2D eigenvalue weighted by Crippen LogP contribution is -2.46. The number of carbonyl (C=O) groups is 2. The number of hydrogen-bond donors (Lipinski definition) is 2. The highest BCUT2D eigenvalue weighted by atomic mass is 32.2. The van der Waals surface area contributed by atoms with Gasteiger partial charge in [-0.25, -0.2) is 8.42 Å². The smallest absolute Gasteiger partial charge is 0.324 e. The van der Waals surface area contributed by atoms with Gasteiger partial charge in [-0.05, 0) is 55.9 Å². The van der Waals surface area contributed by atoms with Gasteiger partial charge in [0.05, 0.1) is 4.90 Å². The number of nitrogens with one attached hydrogen (secondary N) is 2. The van der Waals surface area contributed by atoms with Crippen LogP contribution < -0.4 is 10.0 Å². The molecule has 1 aromatic rings. The molecule has 0 saturated heterocycles. The number of esters is 1. The highest BCUT2D eigenvalue weighted by Gasteiger charge is 2.30. The topological polar surface area (TPSA) is 102 Å². The van der Waals surface area contributed by atoms with Gasteiger partial charge < -0.3 is 10.1 Å². The van der Waals surface area contributed by atoms with E-state index >= 15 is 0 Å². The molecular formula is C21H32N2O5S. The van der Waals surface area contributed by atoms with Crippen LogP contribution in [0.2, 0.25) is 0 Å². The van der Waals surface area contributed by atoms with Crippen LogP contribution in [0.4, 0.5) is 0 Å². The SMILES string of the molecule is Cc1ccc(S(=O)(=O)N[C@@H](C(=O)OCC(=O)NC2CCCCC2)C(C)C)cc1C. The van der Waals surface area contributed by atoms with Crippen molar-refractivity contribution in [3.63, 3.8) is 0 Å². The molecule has 2 N–H and O–H groups in total. The maximum absolute atomic E-state index is 12.7. The largest absolute Gasteiger partial charge is 0.454 e. The molecule has 0 unspecified atom stereocenters. The molecule has 0 bridgehead atoms. The first-order valence-electron chi connectivity index (χ1n) is 10.2. The molecule has 29 heavy (non-hydrogen) atoms. The van der Waals surface area contributed by atoms with E-state index in [1.54, 1.807) is 26.0 Å². The van der Waals surface area contributed by atoms with Crippen LogP contribution in [0, 0.1) is 19.8 Å². The van der Waals surface area contributed by atoms with Crippen molar-refractivity contribution in [2.75, 3.05) is 6.61 Å². The summed E-state index contributed by atoms with van der Waals surface area (Å²) in [6.45, 7) is 6.75. The molecule has 0 heterocycles. The van der Waals surface area contributed by atoms with E-state index in [2.05, 4.69) is 10.0 Å². The first-order valence-corrected chi connectivity index (χ1v) is 11.6. The van der Waals surface area contributed by atoms with Crippen LogP contribution in [0.1, 0.15) is 57.1 Å². The van der Waals surface area contributed by atoms with Gasteiger partial charge in [-0.15, -0.1) is 0 Å². The lowest BCUT2D eigenvalue weighted by atomic mass is 9.95. The first kappa shape index (κ1) is 23.3. The van der Waals surface area contributed by atoms with Gasteiger partial charge in [0.2, 0.25) is 10.0 Å². The van der Waals surface area contributed by atoms with E-state index in [9.17, 15) is 18.0 Å². The average Bonchev–Trinajstić information content (AvgIpc) is 2.67. The summed E-state index contributed by atoms with van der Waals surface area (Å²) in [7, 11) is -3.90. The standard InChI is InChI=1S/C21H32N2O5S/c1-14(2)20(23-29(26,27)18-11-10-15(3)16(4)12-18)21(25)28-13-19(24)22-17-8-6-5-7-9-17/h10-12,14,17,20,23H,5-9,13H2,1-4H3,(H,22,24)/t20-/m1/s1. The molecule has 1 atom stereocenters. The molecule has 1 aromatic carbocycles. The van der Waals surface area contributed by atoms with Gasteiger partial charge in [0.1, 0.15) is 6.04 Å². The number of amides is 1. The third-order valence-electron chi connectivity index (χ3n) is 5.31. The van der Waals surface area contributed by atoms with Crippen molar-refractivity contribution in [2.45, 2.75) is 76.8 Å². The fourth-order valence-electron chi connectivity index (χ4n) is 3.32. The molecule has 2 rings (SSSR count). The zero-order chi connectivity index (χ0) is 21.6. The third kappa shape index (κ3) is 6.82. The molecule has 1 aliphatic rings. The summed E-state index contributed by atoms with van der Waals surface area (Å²) in [5.74, 6) is -1.46. The Morgan fingerprint density at radius 2 is 1.76 bits per heavy atom. The predicted octanol–water partition coefficient (Wildman–Crippen LogP) is 2.60. The van der Waals surface area contributed by atoms with Gasteiger partial charge in [-0.3, -0.25) is 9.59 Å². The van der Waals surface area contributed by atoms with Crippen molar-refractivity contribution in [3.8, 4) is 0 Å². The quantitative estimate of drug-likeness (QED) is 0.625. The van der Waals surface area contributed by atoms with Gasteiger partial charge in [0.15, 0.2) is 6.61 Å². The lowest BCUT2D eigenvalue weighted by Gasteiger charge is -2.23. The van der Waals surface area contributed by atoms with Crippen LogP contribution >= 0.6 is 0 Å². The second-order valence-corrected chi connectivity index (χ2v) is 9.81. The number of sulfonamides is 1. The van der Waals surface area contributed by atoms with E-state index in [1.165, 1.54) is 12.5 Å². The van der Waals surface area contributed by atoms with Crippen molar-refractivity contribution in [2.24, 2.45) is 5.92 Å². The summed E-state index contributed by atoms with van der Waals surface area (Å²) in [5, 5.41) is 2.87. The molecule has 0 aromatic heterocycles. The van der Waals surface area contributed by atoms with Crippen molar-refractivity contribution in [1.82, 2.24) is 10.0 Å². The van der Waals surface area contributed by atoms with Crippen molar-refractivity contribution in [3.05, 3.63) is 29.3 Å². The molecule has 0 spiro atoms. The number of rotatable bonds is 8. The fraction of sp³-hybridized carbons (Fsp3) is 0.619. The maximum Gasteiger partial charge on any atom is 0.324 e. The Bertz CT molecular complexity index is 829. The molecular weight excluding hydrogens is 392 g/mol. The Morgan fingerprint density at radius 3 is 2.34 bits per heavy atom. The summed E-state index contributed by atoms with van der Waals surface area (Å²) in [4.78, 5) is 24.6. The molecule has 162 valence electrons. The van der Waals surface area contributed by atoms with E-state index in [4.69, 9.17) is 4.74 Å². The molecule has 8 heteroatoms. The predicted molar refractivity (Wildman–Crippen MR) is 111 cm³/mol. The fourth-order valence-corrected chi connectivity index (χ4v) is 4.73. The minimum absolute atomic E-state index is 0.0918. The Labute approximate surface area is 173 Å². The normalized spacial score (nSPS) is 16.4. The second kappa shape index (κ2) is 10.2. The maximum atomic E-state index is 12.7. The summed E-state index contributed by atoms with van der Waals surface area (Å²) < 4.78 is 33.0. The molecule has 7 nitrogen and oxygen atoms in total. The minimum atomic E-state index is -3.90. The van der Waals surface area contributed by atoms with E-state index in [1.807, 2.05) is 13.8 Å². The Balaban J connectivity index is 1.97. The van der Waals surface area contributed by atoms with Crippen LogP contribution in [0.5, 0.6) is 0 Å². The zero-order valence-electron chi connectivity index (χ0n) is 17.7. The van der Waals surface area contributed by atoms with E-state index in [0.717, 1.165) is 36.8 Å².